The van der Waals surface area contributed by atoms with Crippen molar-refractivity contribution in [2.75, 3.05) is 13.1 Å². The Kier molecular flexibility index (Phi) is 5.44. The first-order valence-corrected chi connectivity index (χ1v) is 10.0. The zero-order valence-corrected chi connectivity index (χ0v) is 16.4. The summed E-state index contributed by atoms with van der Waals surface area (Å²) in [6, 6.07) is 12.8. The molecule has 2 atom stereocenters. The number of nitrogens with zero attached hydrogens (tertiary/aromatic N) is 2. The van der Waals surface area contributed by atoms with E-state index in [4.69, 9.17) is 4.74 Å². The van der Waals surface area contributed by atoms with Crippen LogP contribution in [-0.2, 0) is 4.74 Å². The lowest BCUT2D eigenvalue weighted by molar-refractivity contribution is -0.181. The Morgan fingerprint density at radius 3 is 2.52 bits per heavy atom. The molecule has 0 radical (unpaired) electrons. The molecule has 2 aliphatic rings. The number of ether oxygens (including phenoxy) is 1. The van der Waals surface area contributed by atoms with Crippen LogP contribution >= 0.6 is 0 Å². The van der Waals surface area contributed by atoms with Gasteiger partial charge in [-0.15, -0.1) is 0 Å². The van der Waals surface area contributed by atoms with Gasteiger partial charge in [-0.1, -0.05) is 30.3 Å². The fraction of sp³-hybridized carbons (Fsp3) is 0.500. The normalized spacial score (nSPS) is 24.2. The van der Waals surface area contributed by atoms with E-state index >= 15 is 0 Å². The van der Waals surface area contributed by atoms with Crippen molar-refractivity contribution in [1.82, 2.24) is 9.47 Å². The third-order valence-electron chi connectivity index (χ3n) is 6.16. The van der Waals surface area contributed by atoms with Gasteiger partial charge in [-0.05, 0) is 37.5 Å². The number of likely N-dealkylation sites (tertiary alicyclic amines) is 1. The highest BCUT2D eigenvalue weighted by Gasteiger charge is 2.44. The van der Waals surface area contributed by atoms with E-state index in [9.17, 15) is 18.7 Å². The van der Waals surface area contributed by atoms with Gasteiger partial charge in [0.25, 0.3) is 5.91 Å². The lowest BCUT2D eigenvalue weighted by Crippen LogP contribution is -2.52. The molecule has 5 nitrogen and oxygen atoms in total. The lowest BCUT2D eigenvalue weighted by Gasteiger charge is -2.48. The second-order valence-electron chi connectivity index (χ2n) is 8.09. The number of aryl methyl sites for hydroxylation is 1. The Balaban J connectivity index is 1.46. The molecular formula is C22H26F2N2O3. The lowest BCUT2D eigenvalue weighted by atomic mass is 9.81. The second-order valence-corrected chi connectivity index (χ2v) is 8.09. The summed E-state index contributed by atoms with van der Waals surface area (Å²) >= 11 is 0. The number of rotatable bonds is 3. The van der Waals surface area contributed by atoms with Crippen molar-refractivity contribution in [3.63, 3.8) is 0 Å². The number of aromatic nitrogens is 1. The highest BCUT2D eigenvalue weighted by Crippen LogP contribution is 2.43. The predicted molar refractivity (Wildman–Crippen MR) is 104 cm³/mol. The highest BCUT2D eigenvalue weighted by atomic mass is 19.3. The largest absolute Gasteiger partial charge is 0.393 e. The van der Waals surface area contributed by atoms with Crippen molar-refractivity contribution >= 4 is 5.91 Å². The van der Waals surface area contributed by atoms with Crippen LogP contribution in [-0.4, -0.2) is 45.3 Å². The maximum absolute atomic E-state index is 13.3. The fourth-order valence-electron chi connectivity index (χ4n) is 4.61. The van der Waals surface area contributed by atoms with Crippen molar-refractivity contribution in [2.45, 2.75) is 57.0 Å². The number of benzene rings is 1. The van der Waals surface area contributed by atoms with Gasteiger partial charge >= 0.3 is 6.55 Å². The van der Waals surface area contributed by atoms with Crippen LogP contribution in [0.4, 0.5) is 8.78 Å². The van der Waals surface area contributed by atoms with Crippen LogP contribution in [0.1, 0.15) is 60.1 Å². The maximum Gasteiger partial charge on any atom is 0.319 e. The number of aliphatic hydroxyl groups is 1. The van der Waals surface area contributed by atoms with Gasteiger partial charge in [0.2, 0.25) is 0 Å². The van der Waals surface area contributed by atoms with Gasteiger partial charge in [-0.25, -0.2) is 0 Å². The van der Waals surface area contributed by atoms with E-state index in [0.717, 1.165) is 10.1 Å². The molecule has 156 valence electrons. The molecular weight excluding hydrogens is 378 g/mol. The van der Waals surface area contributed by atoms with Gasteiger partial charge in [0.1, 0.15) is 5.69 Å². The smallest absolute Gasteiger partial charge is 0.319 e. The molecule has 1 N–H and O–H groups in total. The molecule has 1 aromatic heterocycles. The van der Waals surface area contributed by atoms with Crippen LogP contribution in [0.25, 0.3) is 0 Å². The maximum atomic E-state index is 13.3. The Labute approximate surface area is 168 Å². The number of hydrogen-bond donors (Lipinski definition) is 1. The van der Waals surface area contributed by atoms with E-state index in [2.05, 4.69) is 0 Å². The topological polar surface area (TPSA) is 54.7 Å². The van der Waals surface area contributed by atoms with E-state index < -0.39 is 18.3 Å². The monoisotopic (exact) mass is 404 g/mol. The molecule has 0 unspecified atom stereocenters. The zero-order chi connectivity index (χ0) is 20.6. The summed E-state index contributed by atoms with van der Waals surface area (Å²) in [5.74, 6) is -0.385. The number of carbonyl (C=O) groups excluding carboxylic acids is 1. The first kappa shape index (κ1) is 20.0. The molecule has 0 bridgehead atoms. The van der Waals surface area contributed by atoms with Gasteiger partial charge in [-0.2, -0.15) is 8.78 Å². The van der Waals surface area contributed by atoms with Crippen molar-refractivity contribution in [3.05, 3.63) is 59.4 Å². The SMILES string of the molecule is Cc1ccc(C(=O)N2CCC3(CC2)C[C@@H](O)C[C@H](c2ccccc2)O3)n1C(F)F. The highest BCUT2D eigenvalue weighted by molar-refractivity contribution is 5.93. The second kappa shape index (κ2) is 7.88. The molecule has 7 heteroatoms. The van der Waals surface area contributed by atoms with Crippen molar-refractivity contribution in [1.29, 1.82) is 0 Å². The van der Waals surface area contributed by atoms with Crippen LogP contribution in [0.15, 0.2) is 42.5 Å². The van der Waals surface area contributed by atoms with E-state index in [1.165, 1.54) is 12.1 Å². The average molecular weight is 404 g/mol. The molecule has 3 heterocycles. The molecule has 2 aromatic rings. The Morgan fingerprint density at radius 1 is 1.17 bits per heavy atom. The average Bonchev–Trinajstić information content (AvgIpc) is 3.10. The summed E-state index contributed by atoms with van der Waals surface area (Å²) in [6.07, 6.45) is 1.59. The van der Waals surface area contributed by atoms with Gasteiger partial charge in [-0.3, -0.25) is 9.36 Å². The number of amides is 1. The van der Waals surface area contributed by atoms with Crippen molar-refractivity contribution in [2.24, 2.45) is 0 Å². The molecule has 2 fully saturated rings. The van der Waals surface area contributed by atoms with Gasteiger partial charge in [0.05, 0.1) is 17.8 Å². The molecule has 1 spiro atoms. The number of halogens is 2. The van der Waals surface area contributed by atoms with Crippen LogP contribution in [0.3, 0.4) is 0 Å². The number of hydrogen-bond acceptors (Lipinski definition) is 3. The van der Waals surface area contributed by atoms with E-state index in [0.29, 0.717) is 44.5 Å². The number of carbonyl (C=O) groups is 1. The van der Waals surface area contributed by atoms with E-state index in [1.807, 2.05) is 30.3 Å². The van der Waals surface area contributed by atoms with E-state index in [-0.39, 0.29) is 17.7 Å². The summed E-state index contributed by atoms with van der Waals surface area (Å²) in [5.41, 5.74) is 0.922. The molecule has 2 saturated heterocycles. The van der Waals surface area contributed by atoms with E-state index in [1.54, 1.807) is 11.8 Å². The molecule has 1 aromatic carbocycles. The first-order chi connectivity index (χ1) is 13.9. The molecule has 0 aliphatic carbocycles. The van der Waals surface area contributed by atoms with Crippen molar-refractivity contribution < 1.29 is 23.4 Å². The first-order valence-electron chi connectivity index (χ1n) is 10.0. The Hall–Kier alpha value is -2.25. The van der Waals surface area contributed by atoms with Crippen LogP contribution in [0.5, 0.6) is 0 Å². The molecule has 29 heavy (non-hydrogen) atoms. The van der Waals surface area contributed by atoms with Gasteiger partial charge < -0.3 is 14.7 Å². The van der Waals surface area contributed by atoms with Crippen molar-refractivity contribution in [3.8, 4) is 0 Å². The quantitative estimate of drug-likeness (QED) is 0.839. The minimum Gasteiger partial charge on any atom is -0.393 e. The summed E-state index contributed by atoms with van der Waals surface area (Å²) in [7, 11) is 0. The molecule has 2 aliphatic heterocycles. The third kappa shape index (κ3) is 3.94. The number of piperidine rings is 1. The minimum absolute atomic E-state index is 0.0141. The number of aliphatic hydroxyl groups excluding tert-OH is 1. The van der Waals surface area contributed by atoms with Gasteiger partial charge in [0, 0.05) is 31.6 Å². The summed E-state index contributed by atoms with van der Waals surface area (Å²) < 4.78 is 33.9. The summed E-state index contributed by atoms with van der Waals surface area (Å²) in [4.78, 5) is 14.5. The Bertz CT molecular complexity index is 860. The molecule has 0 saturated carbocycles. The third-order valence-corrected chi connectivity index (χ3v) is 6.16. The zero-order valence-electron chi connectivity index (χ0n) is 16.4. The van der Waals surface area contributed by atoms with Crippen LogP contribution in [0, 0.1) is 6.92 Å². The summed E-state index contributed by atoms with van der Waals surface area (Å²) in [5, 5.41) is 10.5. The predicted octanol–water partition coefficient (Wildman–Crippen LogP) is 4.08. The van der Waals surface area contributed by atoms with Crippen LogP contribution < -0.4 is 0 Å². The molecule has 1 amide bonds. The summed E-state index contributed by atoms with van der Waals surface area (Å²) in [6.45, 7) is -0.348. The number of alkyl halides is 2. The Morgan fingerprint density at radius 2 is 1.86 bits per heavy atom. The standard InChI is InChI=1S/C22H26F2N2O3/c1-15-7-8-18(26(15)21(23)24)20(28)25-11-9-22(10-12-25)14-17(27)13-19(29-22)16-5-3-2-4-6-16/h2-8,17,19,21,27H,9-14H2,1H3/t17-,19+/m0/s1. The minimum atomic E-state index is -2.75. The molecule has 4 rings (SSSR count). The van der Waals surface area contributed by atoms with Gasteiger partial charge in [0.15, 0.2) is 0 Å². The van der Waals surface area contributed by atoms with Crippen LogP contribution in [0.2, 0.25) is 0 Å². The fourth-order valence-corrected chi connectivity index (χ4v) is 4.61.